The molecule has 0 aliphatic rings. The molecule has 128 valence electrons. The molecule has 0 spiro atoms. The number of nitrogens with one attached hydrogen (secondary N) is 1. The Labute approximate surface area is 143 Å². The third-order valence-electron chi connectivity index (χ3n) is 3.07. The molecule has 0 aliphatic carbocycles. The monoisotopic (exact) mass is 327 g/mol. The van der Waals surface area contributed by atoms with Crippen LogP contribution < -0.4 is 5.32 Å². The SMILES string of the molecule is CC.CC(C)OC(=O)C(=O)NCc1ccccc1-c1ccccc1. The van der Waals surface area contributed by atoms with Crippen molar-refractivity contribution < 1.29 is 14.3 Å². The highest BCUT2D eigenvalue weighted by Gasteiger charge is 2.16. The Morgan fingerprint density at radius 3 is 2.17 bits per heavy atom. The molecule has 24 heavy (non-hydrogen) atoms. The molecule has 0 saturated heterocycles. The molecule has 2 aromatic carbocycles. The van der Waals surface area contributed by atoms with E-state index in [0.717, 1.165) is 16.7 Å². The van der Waals surface area contributed by atoms with Gasteiger partial charge >= 0.3 is 11.9 Å². The Hall–Kier alpha value is -2.62. The van der Waals surface area contributed by atoms with E-state index >= 15 is 0 Å². The normalized spacial score (nSPS) is 9.71. The zero-order valence-corrected chi connectivity index (χ0v) is 14.7. The van der Waals surface area contributed by atoms with E-state index in [0.29, 0.717) is 0 Å². The van der Waals surface area contributed by atoms with Crippen molar-refractivity contribution in [3.8, 4) is 11.1 Å². The molecule has 0 aliphatic heterocycles. The summed E-state index contributed by atoms with van der Waals surface area (Å²) in [6, 6.07) is 17.7. The number of esters is 1. The molecule has 0 bridgehead atoms. The summed E-state index contributed by atoms with van der Waals surface area (Å²) in [5.74, 6) is -1.58. The Bertz CT molecular complexity index is 651. The van der Waals surface area contributed by atoms with Crippen LogP contribution in [-0.4, -0.2) is 18.0 Å². The molecule has 4 nitrogen and oxygen atoms in total. The van der Waals surface area contributed by atoms with E-state index in [1.165, 1.54) is 0 Å². The lowest BCUT2D eigenvalue weighted by Gasteiger charge is -2.11. The van der Waals surface area contributed by atoms with Gasteiger partial charge in [0.25, 0.3) is 0 Å². The van der Waals surface area contributed by atoms with Gasteiger partial charge in [-0.2, -0.15) is 0 Å². The van der Waals surface area contributed by atoms with Gasteiger partial charge in [-0.3, -0.25) is 4.79 Å². The fourth-order valence-electron chi connectivity index (χ4n) is 2.09. The molecule has 0 saturated carbocycles. The van der Waals surface area contributed by atoms with Crippen LogP contribution in [0.15, 0.2) is 54.6 Å². The summed E-state index contributed by atoms with van der Waals surface area (Å²) in [7, 11) is 0. The fourth-order valence-corrected chi connectivity index (χ4v) is 2.09. The second-order valence-electron chi connectivity index (χ2n) is 5.16. The van der Waals surface area contributed by atoms with Crippen LogP contribution in [0.1, 0.15) is 33.3 Å². The van der Waals surface area contributed by atoms with Crippen molar-refractivity contribution in [1.82, 2.24) is 5.32 Å². The van der Waals surface area contributed by atoms with Gasteiger partial charge in [-0.15, -0.1) is 0 Å². The van der Waals surface area contributed by atoms with Crippen LogP contribution in [0.4, 0.5) is 0 Å². The van der Waals surface area contributed by atoms with Crippen molar-refractivity contribution in [1.29, 1.82) is 0 Å². The summed E-state index contributed by atoms with van der Waals surface area (Å²) >= 11 is 0. The molecule has 2 rings (SSSR count). The lowest BCUT2D eigenvalue weighted by molar-refractivity contribution is -0.157. The highest BCUT2D eigenvalue weighted by Crippen LogP contribution is 2.23. The predicted octanol–water partition coefficient (Wildman–Crippen LogP) is 3.95. The zero-order chi connectivity index (χ0) is 17.9. The lowest BCUT2D eigenvalue weighted by Crippen LogP contribution is -2.33. The first-order valence-corrected chi connectivity index (χ1v) is 8.20. The number of ether oxygens (including phenoxy) is 1. The zero-order valence-electron chi connectivity index (χ0n) is 14.7. The molecule has 1 amide bonds. The van der Waals surface area contributed by atoms with Gasteiger partial charge in [-0.05, 0) is 30.5 Å². The smallest absolute Gasteiger partial charge is 0.397 e. The molecule has 0 aromatic heterocycles. The first-order valence-electron chi connectivity index (χ1n) is 8.20. The van der Waals surface area contributed by atoms with Gasteiger partial charge in [0.1, 0.15) is 0 Å². The van der Waals surface area contributed by atoms with E-state index in [9.17, 15) is 9.59 Å². The quantitative estimate of drug-likeness (QED) is 0.683. The number of amides is 1. The molecule has 0 atom stereocenters. The molecule has 0 radical (unpaired) electrons. The summed E-state index contributed by atoms with van der Waals surface area (Å²) in [6.07, 6.45) is -0.310. The highest BCUT2D eigenvalue weighted by molar-refractivity contribution is 6.32. The molecule has 0 fully saturated rings. The van der Waals surface area contributed by atoms with Crippen molar-refractivity contribution >= 4 is 11.9 Å². The van der Waals surface area contributed by atoms with Crippen LogP contribution in [0, 0.1) is 0 Å². The maximum absolute atomic E-state index is 11.7. The van der Waals surface area contributed by atoms with Crippen molar-refractivity contribution in [3.05, 3.63) is 60.2 Å². The minimum atomic E-state index is -0.854. The summed E-state index contributed by atoms with van der Waals surface area (Å²) in [6.45, 7) is 7.68. The van der Waals surface area contributed by atoms with Crippen molar-refractivity contribution in [3.63, 3.8) is 0 Å². The number of benzene rings is 2. The first-order chi connectivity index (χ1) is 11.6. The first kappa shape index (κ1) is 19.4. The van der Waals surface area contributed by atoms with Gasteiger partial charge in [-0.25, -0.2) is 4.79 Å². The average molecular weight is 327 g/mol. The van der Waals surface area contributed by atoms with Gasteiger partial charge in [-0.1, -0.05) is 68.4 Å². The van der Waals surface area contributed by atoms with Gasteiger partial charge in [0.15, 0.2) is 0 Å². The minimum Gasteiger partial charge on any atom is -0.456 e. The highest BCUT2D eigenvalue weighted by atomic mass is 16.5. The summed E-state index contributed by atoms with van der Waals surface area (Å²) in [4.78, 5) is 23.2. The van der Waals surface area contributed by atoms with E-state index in [2.05, 4.69) is 5.32 Å². The number of carbonyl (C=O) groups is 2. The number of hydrogen-bond acceptors (Lipinski definition) is 3. The van der Waals surface area contributed by atoms with Gasteiger partial charge < -0.3 is 10.1 Å². The van der Waals surface area contributed by atoms with Gasteiger partial charge in [0.2, 0.25) is 0 Å². The Morgan fingerprint density at radius 1 is 0.958 bits per heavy atom. The second kappa shape index (κ2) is 10.2. The van der Waals surface area contributed by atoms with E-state index in [4.69, 9.17) is 4.74 Å². The molecule has 1 N–H and O–H groups in total. The standard InChI is InChI=1S/C18H19NO3.C2H6/c1-13(2)22-18(21)17(20)19-12-15-10-6-7-11-16(15)14-8-4-3-5-9-14;1-2/h3-11,13H,12H2,1-2H3,(H,19,20);1-2H3. The molecule has 4 heteroatoms. The fraction of sp³-hybridized carbons (Fsp3) is 0.300. The maximum atomic E-state index is 11.7. The van der Waals surface area contributed by atoms with Crippen molar-refractivity contribution in [2.75, 3.05) is 0 Å². The summed E-state index contributed by atoms with van der Waals surface area (Å²) < 4.78 is 4.86. The number of hydrogen-bond donors (Lipinski definition) is 1. The van der Waals surface area contributed by atoms with Crippen molar-refractivity contribution in [2.45, 2.75) is 40.3 Å². The van der Waals surface area contributed by atoms with E-state index < -0.39 is 11.9 Å². The van der Waals surface area contributed by atoms with Crippen LogP contribution >= 0.6 is 0 Å². The summed E-state index contributed by atoms with van der Waals surface area (Å²) in [5, 5.41) is 2.60. The van der Waals surface area contributed by atoms with Crippen LogP contribution in [0.2, 0.25) is 0 Å². The topological polar surface area (TPSA) is 55.4 Å². The second-order valence-corrected chi connectivity index (χ2v) is 5.16. The van der Waals surface area contributed by atoms with Crippen molar-refractivity contribution in [2.24, 2.45) is 0 Å². The Morgan fingerprint density at radius 2 is 1.54 bits per heavy atom. The molecule has 0 heterocycles. The lowest BCUT2D eigenvalue weighted by atomic mass is 10.00. The third-order valence-corrected chi connectivity index (χ3v) is 3.07. The number of carbonyl (C=O) groups excluding carboxylic acids is 2. The molecule has 0 unspecified atom stereocenters. The maximum Gasteiger partial charge on any atom is 0.397 e. The summed E-state index contributed by atoms with van der Waals surface area (Å²) in [5.41, 5.74) is 3.04. The number of rotatable bonds is 4. The van der Waals surface area contributed by atoms with E-state index in [-0.39, 0.29) is 12.6 Å². The van der Waals surface area contributed by atoms with Crippen LogP contribution in [-0.2, 0) is 20.9 Å². The Balaban J connectivity index is 0.00000139. The molecular formula is C20H25NO3. The Kier molecular flexibility index (Phi) is 8.26. The third kappa shape index (κ3) is 5.88. The average Bonchev–Trinajstić information content (AvgIpc) is 2.61. The van der Waals surface area contributed by atoms with E-state index in [1.807, 2.05) is 68.4 Å². The predicted molar refractivity (Wildman–Crippen MR) is 96.3 cm³/mol. The largest absolute Gasteiger partial charge is 0.456 e. The van der Waals surface area contributed by atoms with Crippen LogP contribution in [0.25, 0.3) is 11.1 Å². The van der Waals surface area contributed by atoms with Gasteiger partial charge in [0.05, 0.1) is 6.10 Å². The van der Waals surface area contributed by atoms with Crippen LogP contribution in [0.3, 0.4) is 0 Å². The molecular weight excluding hydrogens is 302 g/mol. The minimum absolute atomic E-state index is 0.275. The van der Waals surface area contributed by atoms with Gasteiger partial charge in [0, 0.05) is 6.54 Å². The molecule has 2 aromatic rings. The van der Waals surface area contributed by atoms with Crippen LogP contribution in [0.5, 0.6) is 0 Å². The van der Waals surface area contributed by atoms with E-state index in [1.54, 1.807) is 13.8 Å².